The van der Waals surface area contributed by atoms with Gasteiger partial charge in [0, 0.05) is 16.9 Å². The molecule has 0 aromatic heterocycles. The summed E-state index contributed by atoms with van der Waals surface area (Å²) in [7, 11) is 0. The lowest BCUT2D eigenvalue weighted by atomic mass is 10.00. The number of carbonyl (C=O) groups is 1. The summed E-state index contributed by atoms with van der Waals surface area (Å²) in [5, 5.41) is 9.42. The van der Waals surface area contributed by atoms with Crippen molar-refractivity contribution in [3.8, 4) is 5.75 Å². The summed E-state index contributed by atoms with van der Waals surface area (Å²) >= 11 is 2.78. The van der Waals surface area contributed by atoms with Gasteiger partial charge >= 0.3 is 5.97 Å². The van der Waals surface area contributed by atoms with Crippen molar-refractivity contribution in [3.63, 3.8) is 0 Å². The monoisotopic (exact) mass is 332 g/mol. The summed E-state index contributed by atoms with van der Waals surface area (Å²) in [4.78, 5) is 12.9. The molecule has 0 fully saturated rings. The molecule has 0 saturated carbocycles. The fourth-order valence-electron chi connectivity index (χ4n) is 2.38. The fraction of sp³-hybridized carbons (Fsp3) is 0.500. The predicted octanol–water partition coefficient (Wildman–Crippen LogP) is 3.64. The molecule has 1 aliphatic rings. The Balaban J connectivity index is 2.59. The number of alkyl halides is 1. The summed E-state index contributed by atoms with van der Waals surface area (Å²) in [5.74, 6) is -0.306. The van der Waals surface area contributed by atoms with Crippen molar-refractivity contribution >= 4 is 29.5 Å². The number of hydrogen-bond acceptors (Lipinski definition) is 5. The Morgan fingerprint density at radius 3 is 2.86 bits per heavy atom. The van der Waals surface area contributed by atoms with E-state index in [1.54, 1.807) is 6.07 Å². The van der Waals surface area contributed by atoms with E-state index in [0.29, 0.717) is 23.7 Å². The number of halogens is 1. The first kappa shape index (κ1) is 16.5. The number of benzene rings is 1. The van der Waals surface area contributed by atoms with Crippen LogP contribution in [-0.4, -0.2) is 43.5 Å². The SMILES string of the molecule is CSc1cc(C(=O)O)c(SC)c2c1OCCC2OCCF. The van der Waals surface area contributed by atoms with Crippen LogP contribution in [0.3, 0.4) is 0 Å². The van der Waals surface area contributed by atoms with Gasteiger partial charge in [0.05, 0.1) is 29.8 Å². The van der Waals surface area contributed by atoms with Gasteiger partial charge in [0.2, 0.25) is 0 Å². The molecular weight excluding hydrogens is 315 g/mol. The Morgan fingerprint density at radius 1 is 1.52 bits per heavy atom. The van der Waals surface area contributed by atoms with E-state index in [1.165, 1.54) is 23.5 Å². The minimum Gasteiger partial charge on any atom is -0.492 e. The van der Waals surface area contributed by atoms with Crippen LogP contribution in [0.1, 0.15) is 28.4 Å². The van der Waals surface area contributed by atoms with Gasteiger partial charge in [-0.25, -0.2) is 9.18 Å². The van der Waals surface area contributed by atoms with Crippen molar-refractivity contribution in [2.24, 2.45) is 0 Å². The van der Waals surface area contributed by atoms with Crippen LogP contribution >= 0.6 is 23.5 Å². The highest BCUT2D eigenvalue weighted by Gasteiger charge is 2.31. The molecule has 1 aromatic rings. The van der Waals surface area contributed by atoms with Gasteiger partial charge in [0.15, 0.2) is 0 Å². The molecule has 7 heteroatoms. The largest absolute Gasteiger partial charge is 0.492 e. The van der Waals surface area contributed by atoms with Gasteiger partial charge in [-0.2, -0.15) is 0 Å². The third-order valence-corrected chi connectivity index (χ3v) is 4.82. The van der Waals surface area contributed by atoms with E-state index in [2.05, 4.69) is 0 Å². The van der Waals surface area contributed by atoms with Crippen LogP contribution < -0.4 is 4.74 Å². The lowest BCUT2D eigenvalue weighted by Crippen LogP contribution is -2.20. The highest BCUT2D eigenvalue weighted by atomic mass is 32.2. The maximum atomic E-state index is 12.4. The number of fused-ring (bicyclic) bond motifs is 1. The van der Waals surface area contributed by atoms with Crippen LogP contribution in [0.4, 0.5) is 4.39 Å². The molecule has 0 saturated heterocycles. The standard InChI is InChI=1S/C14H17FO4S2/c1-20-10-7-8(14(16)17)13(21-2)11-9(18-6-4-15)3-5-19-12(10)11/h7,9H,3-6H2,1-2H3,(H,16,17). The van der Waals surface area contributed by atoms with Crippen molar-refractivity contribution in [2.75, 3.05) is 32.4 Å². The fourth-order valence-corrected chi connectivity index (χ4v) is 3.78. The van der Waals surface area contributed by atoms with Crippen LogP contribution in [0.25, 0.3) is 0 Å². The molecule has 0 bridgehead atoms. The second-order valence-electron chi connectivity index (χ2n) is 4.39. The third-order valence-electron chi connectivity index (χ3n) is 3.23. The molecule has 0 amide bonds. The van der Waals surface area contributed by atoms with Crippen LogP contribution in [-0.2, 0) is 4.74 Å². The highest BCUT2D eigenvalue weighted by Crippen LogP contribution is 2.47. The first-order valence-electron chi connectivity index (χ1n) is 6.46. The smallest absolute Gasteiger partial charge is 0.336 e. The first-order valence-corrected chi connectivity index (χ1v) is 8.91. The second kappa shape index (κ2) is 7.38. The second-order valence-corrected chi connectivity index (χ2v) is 6.06. The van der Waals surface area contributed by atoms with Crippen LogP contribution in [0.15, 0.2) is 15.9 Å². The Labute approximate surface area is 131 Å². The molecule has 1 aromatic carbocycles. The molecule has 0 spiro atoms. The number of rotatable bonds is 6. The van der Waals surface area contributed by atoms with Crippen molar-refractivity contribution in [1.82, 2.24) is 0 Å². The quantitative estimate of drug-likeness (QED) is 0.803. The van der Waals surface area contributed by atoms with Gasteiger partial charge in [0.1, 0.15) is 12.4 Å². The van der Waals surface area contributed by atoms with E-state index in [0.717, 1.165) is 10.5 Å². The molecule has 1 aliphatic heterocycles. The summed E-state index contributed by atoms with van der Waals surface area (Å²) in [6.07, 6.45) is 3.96. The summed E-state index contributed by atoms with van der Waals surface area (Å²) in [6, 6.07) is 1.63. The Morgan fingerprint density at radius 2 is 2.29 bits per heavy atom. The Bertz CT molecular complexity index is 536. The molecule has 2 rings (SSSR count). The predicted molar refractivity (Wildman–Crippen MR) is 81.7 cm³/mol. The number of ether oxygens (including phenoxy) is 2. The van der Waals surface area contributed by atoms with Gasteiger partial charge in [0.25, 0.3) is 0 Å². The van der Waals surface area contributed by atoms with Gasteiger partial charge in [-0.3, -0.25) is 0 Å². The van der Waals surface area contributed by atoms with E-state index < -0.39 is 12.6 Å². The van der Waals surface area contributed by atoms with Crippen molar-refractivity contribution in [3.05, 3.63) is 17.2 Å². The molecule has 1 N–H and O–H groups in total. The summed E-state index contributed by atoms with van der Waals surface area (Å²) in [5.41, 5.74) is 0.983. The lowest BCUT2D eigenvalue weighted by molar-refractivity contribution is 0.0144. The van der Waals surface area contributed by atoms with Gasteiger partial charge in [-0.05, 0) is 18.6 Å². The molecule has 21 heavy (non-hydrogen) atoms. The molecule has 1 atom stereocenters. The van der Waals surface area contributed by atoms with Crippen LogP contribution in [0, 0.1) is 0 Å². The minimum atomic E-state index is -0.979. The average molecular weight is 332 g/mol. The third kappa shape index (κ3) is 3.30. The Hall–Kier alpha value is -0.920. The molecule has 1 unspecified atom stereocenters. The summed E-state index contributed by atoms with van der Waals surface area (Å²) < 4.78 is 23.7. The zero-order chi connectivity index (χ0) is 15.4. The molecular formula is C14H17FO4S2. The normalized spacial score (nSPS) is 17.2. The zero-order valence-corrected chi connectivity index (χ0v) is 13.5. The van der Waals surface area contributed by atoms with Gasteiger partial charge < -0.3 is 14.6 Å². The van der Waals surface area contributed by atoms with Gasteiger partial charge in [-0.15, -0.1) is 23.5 Å². The number of carboxylic acid groups (broad SMARTS) is 1. The first-order chi connectivity index (χ1) is 10.1. The topological polar surface area (TPSA) is 55.8 Å². The van der Waals surface area contributed by atoms with Gasteiger partial charge in [-0.1, -0.05) is 0 Å². The maximum absolute atomic E-state index is 12.4. The van der Waals surface area contributed by atoms with E-state index in [-0.39, 0.29) is 18.3 Å². The summed E-state index contributed by atoms with van der Waals surface area (Å²) in [6.45, 7) is -0.0725. The zero-order valence-electron chi connectivity index (χ0n) is 11.8. The van der Waals surface area contributed by atoms with Crippen LogP contribution in [0.2, 0.25) is 0 Å². The van der Waals surface area contributed by atoms with E-state index >= 15 is 0 Å². The molecule has 0 aliphatic carbocycles. The van der Waals surface area contributed by atoms with Crippen LogP contribution in [0.5, 0.6) is 5.75 Å². The maximum Gasteiger partial charge on any atom is 0.336 e. The highest BCUT2D eigenvalue weighted by molar-refractivity contribution is 7.99. The molecule has 116 valence electrons. The molecule has 4 nitrogen and oxygen atoms in total. The lowest BCUT2D eigenvalue weighted by Gasteiger charge is -2.30. The van der Waals surface area contributed by atoms with Crippen molar-refractivity contribution < 1.29 is 23.8 Å². The van der Waals surface area contributed by atoms with Crippen molar-refractivity contribution in [1.29, 1.82) is 0 Å². The number of hydrogen-bond donors (Lipinski definition) is 1. The Kier molecular flexibility index (Phi) is 5.78. The van der Waals surface area contributed by atoms with E-state index in [9.17, 15) is 14.3 Å². The number of aromatic carboxylic acids is 1. The molecule has 1 heterocycles. The van der Waals surface area contributed by atoms with E-state index in [1.807, 2.05) is 12.5 Å². The van der Waals surface area contributed by atoms with E-state index in [4.69, 9.17) is 9.47 Å². The molecule has 0 radical (unpaired) electrons. The minimum absolute atomic E-state index is 0.00380. The number of carboxylic acids is 1. The van der Waals surface area contributed by atoms with Crippen molar-refractivity contribution in [2.45, 2.75) is 22.3 Å². The average Bonchev–Trinajstić information content (AvgIpc) is 2.50. The number of thioether (sulfide) groups is 2.